The van der Waals surface area contributed by atoms with E-state index < -0.39 is 0 Å². The van der Waals surface area contributed by atoms with Gasteiger partial charge in [0.05, 0.1) is 24.3 Å². The lowest BCUT2D eigenvalue weighted by molar-refractivity contribution is -0.0326. The molecule has 1 fully saturated rings. The van der Waals surface area contributed by atoms with Crippen LogP contribution in [0.1, 0.15) is 17.3 Å². The Bertz CT molecular complexity index is 614. The summed E-state index contributed by atoms with van der Waals surface area (Å²) in [7, 11) is 2.11. The number of nitrogens with zero attached hydrogens (tertiary/aromatic N) is 2. The average Bonchev–Trinajstić information content (AvgIpc) is 2.46. The number of hydrogen-bond acceptors (Lipinski definition) is 4. The summed E-state index contributed by atoms with van der Waals surface area (Å²) in [6, 6.07) is 10.3. The lowest BCUT2D eigenvalue weighted by Gasteiger charge is -2.33. The molecule has 0 bridgehead atoms. The fraction of sp³-hybridized carbons (Fsp3) is 0.438. The second kappa shape index (κ2) is 5.48. The van der Waals surface area contributed by atoms with E-state index >= 15 is 0 Å². The second-order valence-corrected chi connectivity index (χ2v) is 5.60. The maximum Gasteiger partial charge on any atom is 0.0894 e. The smallest absolute Gasteiger partial charge is 0.0894 e. The number of aromatic nitrogens is 1. The van der Waals surface area contributed by atoms with E-state index in [-0.39, 0.29) is 12.1 Å². The third kappa shape index (κ3) is 2.68. The van der Waals surface area contributed by atoms with E-state index in [1.54, 1.807) is 0 Å². The highest BCUT2D eigenvalue weighted by Crippen LogP contribution is 2.23. The molecule has 0 amide bonds. The Balaban J connectivity index is 1.87. The summed E-state index contributed by atoms with van der Waals surface area (Å²) in [4.78, 5) is 6.78. The molecule has 4 nitrogen and oxygen atoms in total. The largest absolute Gasteiger partial charge is 0.374 e. The van der Waals surface area contributed by atoms with Crippen molar-refractivity contribution in [3.8, 4) is 0 Å². The number of benzene rings is 1. The van der Waals surface area contributed by atoms with Gasteiger partial charge in [-0.05, 0) is 37.7 Å². The minimum absolute atomic E-state index is 0.0598. The van der Waals surface area contributed by atoms with Crippen LogP contribution in [0.25, 0.3) is 10.9 Å². The first-order valence-electron chi connectivity index (χ1n) is 7.06. The number of hydrogen-bond donors (Lipinski definition) is 1. The Kier molecular flexibility index (Phi) is 3.70. The third-order valence-electron chi connectivity index (χ3n) is 3.93. The van der Waals surface area contributed by atoms with Gasteiger partial charge in [0.2, 0.25) is 0 Å². The van der Waals surface area contributed by atoms with Crippen molar-refractivity contribution in [2.24, 2.45) is 5.73 Å². The molecule has 1 aromatic carbocycles. The SMILES string of the molecule is Cc1ccc2cc(C(N)C3CN(C)CCO3)ccc2n1. The van der Waals surface area contributed by atoms with Gasteiger partial charge in [-0.25, -0.2) is 0 Å². The van der Waals surface area contributed by atoms with E-state index in [0.717, 1.165) is 41.9 Å². The summed E-state index contributed by atoms with van der Waals surface area (Å²) < 4.78 is 5.81. The molecule has 2 N–H and O–H groups in total. The van der Waals surface area contributed by atoms with Gasteiger partial charge in [0.25, 0.3) is 0 Å². The molecule has 1 saturated heterocycles. The summed E-state index contributed by atoms with van der Waals surface area (Å²) in [5.41, 5.74) is 9.55. The van der Waals surface area contributed by atoms with Crippen molar-refractivity contribution in [2.45, 2.75) is 19.1 Å². The molecule has 2 heterocycles. The van der Waals surface area contributed by atoms with Crippen LogP contribution < -0.4 is 5.73 Å². The zero-order chi connectivity index (χ0) is 14.1. The first kappa shape index (κ1) is 13.5. The first-order valence-corrected chi connectivity index (χ1v) is 7.06. The van der Waals surface area contributed by atoms with Crippen LogP contribution in [0.3, 0.4) is 0 Å². The number of likely N-dealkylation sites (N-methyl/N-ethyl adjacent to an activating group) is 1. The Morgan fingerprint density at radius 2 is 2.20 bits per heavy atom. The standard InChI is InChI=1S/C16H21N3O/c1-11-3-4-12-9-13(5-6-14(12)18-11)16(17)15-10-19(2)7-8-20-15/h3-6,9,15-16H,7-8,10,17H2,1-2H3. The molecular weight excluding hydrogens is 250 g/mol. The van der Waals surface area contributed by atoms with Crippen LogP contribution >= 0.6 is 0 Å². The van der Waals surface area contributed by atoms with Gasteiger partial charge in [0.15, 0.2) is 0 Å². The maximum absolute atomic E-state index is 6.38. The summed E-state index contributed by atoms with van der Waals surface area (Å²) in [6.07, 6.45) is 0.0598. The number of pyridine rings is 1. The number of ether oxygens (including phenoxy) is 1. The molecule has 2 unspecified atom stereocenters. The van der Waals surface area contributed by atoms with Gasteiger partial charge in [-0.3, -0.25) is 4.98 Å². The zero-order valence-electron chi connectivity index (χ0n) is 12.0. The monoisotopic (exact) mass is 271 g/mol. The number of nitrogens with two attached hydrogens (primary N) is 1. The number of morpholine rings is 1. The van der Waals surface area contributed by atoms with Crippen LogP contribution in [0.5, 0.6) is 0 Å². The van der Waals surface area contributed by atoms with Gasteiger partial charge in [0.1, 0.15) is 0 Å². The van der Waals surface area contributed by atoms with Crippen molar-refractivity contribution in [3.63, 3.8) is 0 Å². The molecule has 20 heavy (non-hydrogen) atoms. The molecule has 0 saturated carbocycles. The van der Waals surface area contributed by atoms with Crippen molar-refractivity contribution in [1.29, 1.82) is 0 Å². The van der Waals surface area contributed by atoms with E-state index in [0.29, 0.717) is 0 Å². The van der Waals surface area contributed by atoms with E-state index in [1.807, 2.05) is 19.1 Å². The van der Waals surface area contributed by atoms with E-state index in [2.05, 4.69) is 35.1 Å². The van der Waals surface area contributed by atoms with Crippen LogP contribution in [0.2, 0.25) is 0 Å². The average molecular weight is 271 g/mol. The van der Waals surface area contributed by atoms with Gasteiger partial charge in [0, 0.05) is 24.2 Å². The summed E-state index contributed by atoms with van der Waals surface area (Å²) in [5.74, 6) is 0. The molecule has 4 heteroatoms. The van der Waals surface area contributed by atoms with Gasteiger partial charge in [-0.1, -0.05) is 12.1 Å². The van der Waals surface area contributed by atoms with Gasteiger partial charge < -0.3 is 15.4 Å². The third-order valence-corrected chi connectivity index (χ3v) is 3.93. The number of rotatable bonds is 2. The lowest BCUT2D eigenvalue weighted by Crippen LogP contribution is -2.45. The first-order chi connectivity index (χ1) is 9.63. The summed E-state index contributed by atoms with van der Waals surface area (Å²) in [6.45, 7) is 4.61. The molecule has 3 rings (SSSR count). The molecule has 0 radical (unpaired) electrons. The minimum atomic E-state index is -0.0940. The molecule has 0 aliphatic carbocycles. The highest BCUT2D eigenvalue weighted by Gasteiger charge is 2.25. The molecule has 1 aliphatic rings. The maximum atomic E-state index is 6.38. The van der Waals surface area contributed by atoms with E-state index in [9.17, 15) is 0 Å². The molecular formula is C16H21N3O. The van der Waals surface area contributed by atoms with Crippen molar-refractivity contribution < 1.29 is 4.74 Å². The molecule has 2 aromatic rings. The normalized spacial score (nSPS) is 22.1. The minimum Gasteiger partial charge on any atom is -0.374 e. The van der Waals surface area contributed by atoms with E-state index in [4.69, 9.17) is 10.5 Å². The summed E-state index contributed by atoms with van der Waals surface area (Å²) >= 11 is 0. The van der Waals surface area contributed by atoms with Crippen LogP contribution in [0, 0.1) is 6.92 Å². The molecule has 0 spiro atoms. The molecule has 1 aromatic heterocycles. The van der Waals surface area contributed by atoms with Crippen LogP contribution in [-0.2, 0) is 4.74 Å². The van der Waals surface area contributed by atoms with Crippen molar-refractivity contribution in [1.82, 2.24) is 9.88 Å². The van der Waals surface area contributed by atoms with Crippen molar-refractivity contribution in [2.75, 3.05) is 26.7 Å². The molecule has 106 valence electrons. The quantitative estimate of drug-likeness (QED) is 0.906. The predicted molar refractivity (Wildman–Crippen MR) is 80.6 cm³/mol. The van der Waals surface area contributed by atoms with Crippen LogP contribution in [0.15, 0.2) is 30.3 Å². The van der Waals surface area contributed by atoms with E-state index in [1.165, 1.54) is 0 Å². The Morgan fingerprint density at radius 3 is 3.00 bits per heavy atom. The van der Waals surface area contributed by atoms with Gasteiger partial charge >= 0.3 is 0 Å². The second-order valence-electron chi connectivity index (χ2n) is 5.60. The fourth-order valence-corrected chi connectivity index (χ4v) is 2.70. The zero-order valence-corrected chi connectivity index (χ0v) is 12.0. The molecule has 1 aliphatic heterocycles. The van der Waals surface area contributed by atoms with Crippen molar-refractivity contribution in [3.05, 3.63) is 41.6 Å². The van der Waals surface area contributed by atoms with Gasteiger partial charge in [-0.15, -0.1) is 0 Å². The number of aryl methyl sites for hydroxylation is 1. The van der Waals surface area contributed by atoms with Crippen molar-refractivity contribution >= 4 is 10.9 Å². The predicted octanol–water partition coefficient (Wildman–Crippen LogP) is 1.87. The summed E-state index contributed by atoms with van der Waals surface area (Å²) in [5, 5.41) is 1.13. The highest BCUT2D eigenvalue weighted by atomic mass is 16.5. The number of fused-ring (bicyclic) bond motifs is 1. The Morgan fingerprint density at radius 1 is 1.35 bits per heavy atom. The Labute approximate surface area is 119 Å². The highest BCUT2D eigenvalue weighted by molar-refractivity contribution is 5.79. The van der Waals surface area contributed by atoms with Gasteiger partial charge in [-0.2, -0.15) is 0 Å². The lowest BCUT2D eigenvalue weighted by atomic mass is 9.99. The molecule has 2 atom stereocenters. The van der Waals surface area contributed by atoms with Crippen LogP contribution in [-0.4, -0.2) is 42.7 Å². The van der Waals surface area contributed by atoms with Crippen LogP contribution in [0.4, 0.5) is 0 Å². The topological polar surface area (TPSA) is 51.4 Å². The fourth-order valence-electron chi connectivity index (χ4n) is 2.70. The Hall–Kier alpha value is -1.49.